The molecule has 0 heterocycles. The van der Waals surface area contributed by atoms with Crippen LogP contribution >= 0.6 is 0 Å². The zero-order valence-corrected chi connectivity index (χ0v) is 15.3. The van der Waals surface area contributed by atoms with E-state index in [0.29, 0.717) is 6.42 Å². The molecule has 7 nitrogen and oxygen atoms in total. The average molecular weight is 390 g/mol. The van der Waals surface area contributed by atoms with Gasteiger partial charge in [0.1, 0.15) is 6.61 Å². The Hall–Kier alpha value is -0.840. The lowest BCUT2D eigenvalue weighted by atomic mass is 10.1. The maximum Gasteiger partial charge on any atom is 0.465 e. The van der Waals surface area contributed by atoms with Gasteiger partial charge in [0.15, 0.2) is 6.29 Å². The molecule has 0 aromatic rings. The number of hydrogen-bond acceptors (Lipinski definition) is 6. The minimum atomic E-state index is -5.88. The van der Waals surface area contributed by atoms with E-state index in [1.807, 2.05) is 0 Å². The number of alkyl halides is 2. The highest BCUT2D eigenvalue weighted by atomic mass is 32.2. The van der Waals surface area contributed by atoms with Crippen LogP contribution in [0.25, 0.3) is 0 Å². The summed E-state index contributed by atoms with van der Waals surface area (Å²) in [4.78, 5) is 10.9. The Kier molecular flexibility index (Phi) is 12.1. The van der Waals surface area contributed by atoms with Crippen LogP contribution in [0, 0.1) is 0 Å². The third-order valence-corrected chi connectivity index (χ3v) is 4.31. The summed E-state index contributed by atoms with van der Waals surface area (Å²) in [6, 6.07) is 0. The molecule has 0 amide bonds. The predicted molar refractivity (Wildman–Crippen MR) is 86.6 cm³/mol. The summed E-state index contributed by atoms with van der Waals surface area (Å²) >= 11 is 0. The first kappa shape index (κ1) is 24.2. The fourth-order valence-corrected chi connectivity index (χ4v) is 2.31. The Balaban J connectivity index is 3.68. The summed E-state index contributed by atoms with van der Waals surface area (Å²) in [5.41, 5.74) is 0. The van der Waals surface area contributed by atoms with E-state index in [1.165, 1.54) is 25.7 Å². The summed E-state index contributed by atoms with van der Waals surface area (Å²) in [6.07, 6.45) is 8.04. The third kappa shape index (κ3) is 10.7. The number of hydrogen-bond donors (Lipinski definition) is 2. The fourth-order valence-electron chi connectivity index (χ4n) is 2.04. The van der Waals surface area contributed by atoms with Crippen molar-refractivity contribution in [2.75, 3.05) is 13.2 Å². The lowest BCUT2D eigenvalue weighted by Crippen LogP contribution is -2.39. The van der Waals surface area contributed by atoms with Gasteiger partial charge in [-0.3, -0.25) is 4.55 Å². The van der Waals surface area contributed by atoms with Crippen molar-refractivity contribution in [3.05, 3.63) is 0 Å². The maximum atomic E-state index is 12.8. The molecule has 1 atom stereocenters. The van der Waals surface area contributed by atoms with Gasteiger partial charge in [-0.05, 0) is 12.8 Å². The molecule has 0 saturated heterocycles. The fraction of sp³-hybridized carbons (Fsp3) is 0.933. The summed E-state index contributed by atoms with van der Waals surface area (Å²) in [5.74, 6) is -2.39. The molecule has 10 heteroatoms. The summed E-state index contributed by atoms with van der Waals surface area (Å²) in [5, 5.41) is 4.50. The Morgan fingerprint density at radius 2 is 1.56 bits per heavy atom. The van der Waals surface area contributed by atoms with Crippen molar-refractivity contribution in [1.29, 1.82) is 0 Å². The molecule has 150 valence electrons. The number of unbranched alkanes of at least 4 members (excludes halogenated alkanes) is 7. The smallest absolute Gasteiger partial charge is 0.458 e. The molecular weight excluding hydrogens is 362 g/mol. The van der Waals surface area contributed by atoms with Crippen LogP contribution in [-0.2, 0) is 24.4 Å². The first-order valence-corrected chi connectivity index (χ1v) is 9.88. The number of carbonyl (C=O) groups is 1. The van der Waals surface area contributed by atoms with E-state index in [-0.39, 0.29) is 6.61 Å². The molecule has 0 radical (unpaired) electrons. The number of aliphatic hydroxyl groups excluding tert-OH is 1. The Labute approximate surface area is 147 Å². The van der Waals surface area contributed by atoms with Crippen molar-refractivity contribution in [3.63, 3.8) is 0 Å². The van der Waals surface area contributed by atoms with Gasteiger partial charge < -0.3 is 14.6 Å². The Morgan fingerprint density at radius 1 is 1.04 bits per heavy atom. The van der Waals surface area contributed by atoms with Crippen molar-refractivity contribution >= 4 is 16.1 Å². The van der Waals surface area contributed by atoms with Crippen molar-refractivity contribution < 1.29 is 41.1 Å². The topological polar surface area (TPSA) is 110 Å². The van der Waals surface area contributed by atoms with E-state index in [2.05, 4.69) is 11.7 Å². The third-order valence-electron chi connectivity index (χ3n) is 3.49. The van der Waals surface area contributed by atoms with Crippen LogP contribution in [0.15, 0.2) is 0 Å². The number of carbonyl (C=O) groups excluding carboxylic acids is 1. The number of rotatable bonds is 15. The minimum absolute atomic E-state index is 0.365. The molecule has 25 heavy (non-hydrogen) atoms. The molecule has 0 saturated carbocycles. The number of halogens is 2. The lowest BCUT2D eigenvalue weighted by molar-refractivity contribution is -0.167. The van der Waals surface area contributed by atoms with Gasteiger partial charge in [0.05, 0.1) is 6.61 Å². The molecule has 0 spiro atoms. The minimum Gasteiger partial charge on any atom is -0.458 e. The van der Waals surface area contributed by atoms with Crippen LogP contribution < -0.4 is 0 Å². The first-order valence-electron chi connectivity index (χ1n) is 8.44. The second-order valence-corrected chi connectivity index (χ2v) is 7.18. The van der Waals surface area contributed by atoms with E-state index in [1.54, 1.807) is 0 Å². The second-order valence-electron chi connectivity index (χ2n) is 5.72. The van der Waals surface area contributed by atoms with Gasteiger partial charge in [-0.25, -0.2) is 4.79 Å². The molecule has 0 bridgehead atoms. The lowest BCUT2D eigenvalue weighted by Gasteiger charge is -2.14. The second kappa shape index (κ2) is 12.5. The highest BCUT2D eigenvalue weighted by Gasteiger charge is 2.54. The molecule has 0 aliphatic rings. The largest absolute Gasteiger partial charge is 0.465 e. The number of esters is 1. The molecule has 2 N–H and O–H groups in total. The van der Waals surface area contributed by atoms with Gasteiger partial charge >= 0.3 is 21.3 Å². The van der Waals surface area contributed by atoms with Crippen LogP contribution in [0.2, 0.25) is 0 Å². The van der Waals surface area contributed by atoms with E-state index >= 15 is 0 Å². The highest BCUT2D eigenvalue weighted by Crippen LogP contribution is 2.22. The monoisotopic (exact) mass is 390 g/mol. The summed E-state index contributed by atoms with van der Waals surface area (Å²) in [6.45, 7) is 1.12. The van der Waals surface area contributed by atoms with Crippen molar-refractivity contribution in [2.45, 2.75) is 76.3 Å². The van der Waals surface area contributed by atoms with E-state index in [4.69, 9.17) is 9.29 Å². The van der Waals surface area contributed by atoms with Gasteiger partial charge in [0, 0.05) is 0 Å². The van der Waals surface area contributed by atoms with Crippen molar-refractivity contribution in [2.24, 2.45) is 0 Å². The van der Waals surface area contributed by atoms with Crippen molar-refractivity contribution in [3.8, 4) is 0 Å². The Morgan fingerprint density at radius 3 is 2.08 bits per heavy atom. The zero-order chi connectivity index (χ0) is 19.3. The van der Waals surface area contributed by atoms with Crippen LogP contribution in [-0.4, -0.2) is 48.8 Å². The average Bonchev–Trinajstić information content (AvgIpc) is 2.52. The molecule has 0 rings (SSSR count). The Bertz CT molecular complexity index is 469. The van der Waals surface area contributed by atoms with Crippen LogP contribution in [0.3, 0.4) is 0 Å². The normalized spacial score (nSPS) is 13.6. The summed E-state index contributed by atoms with van der Waals surface area (Å²) in [7, 11) is -5.88. The highest BCUT2D eigenvalue weighted by molar-refractivity contribution is 7.87. The molecule has 0 aromatic heterocycles. The molecule has 0 aliphatic heterocycles. The standard InChI is InChI=1S/C15H28F2O7S/c1-2-3-4-5-6-7-8-9-10-13(18)23-11-12-24-14(19)15(16,17)25(20,21)22/h13,18H,2-12H2,1H3,(H,20,21,22)/t13-/m1/s1. The number of ether oxygens (including phenoxy) is 2. The molecule has 0 unspecified atom stereocenters. The van der Waals surface area contributed by atoms with E-state index in [0.717, 1.165) is 25.7 Å². The summed E-state index contributed by atoms with van der Waals surface area (Å²) < 4.78 is 63.4. The SMILES string of the molecule is CCCCCCCCCC[C@H](O)OCCOC(=O)C(F)(F)S(=O)(=O)O. The van der Waals surface area contributed by atoms with Crippen LogP contribution in [0.4, 0.5) is 8.78 Å². The molecule has 0 aromatic carbocycles. The quantitative estimate of drug-likeness (QED) is 0.191. The number of aliphatic hydroxyl groups is 1. The molecule has 0 aliphatic carbocycles. The zero-order valence-electron chi connectivity index (χ0n) is 14.5. The first-order chi connectivity index (χ1) is 11.6. The van der Waals surface area contributed by atoms with E-state index in [9.17, 15) is 27.1 Å². The van der Waals surface area contributed by atoms with E-state index < -0.39 is 34.2 Å². The van der Waals surface area contributed by atoms with Crippen LogP contribution in [0.5, 0.6) is 0 Å². The predicted octanol–water partition coefficient (Wildman–Crippen LogP) is 2.88. The maximum absolute atomic E-state index is 12.8. The molecular formula is C15H28F2O7S. The van der Waals surface area contributed by atoms with Gasteiger partial charge in [-0.15, -0.1) is 0 Å². The van der Waals surface area contributed by atoms with Gasteiger partial charge in [0.25, 0.3) is 0 Å². The van der Waals surface area contributed by atoms with Crippen LogP contribution in [0.1, 0.15) is 64.7 Å². The van der Waals surface area contributed by atoms with Gasteiger partial charge in [-0.2, -0.15) is 17.2 Å². The van der Waals surface area contributed by atoms with Crippen molar-refractivity contribution in [1.82, 2.24) is 0 Å². The van der Waals surface area contributed by atoms with Gasteiger partial charge in [0.2, 0.25) is 0 Å². The molecule has 0 fully saturated rings. The van der Waals surface area contributed by atoms with Gasteiger partial charge in [-0.1, -0.05) is 51.9 Å².